The molecule has 0 bridgehead atoms. The molecule has 0 saturated carbocycles. The van der Waals surface area contributed by atoms with E-state index in [2.05, 4.69) is 19.9 Å². The Bertz CT molecular complexity index is 742. The first kappa shape index (κ1) is 16.1. The van der Waals surface area contributed by atoms with Gasteiger partial charge in [-0.05, 0) is 18.9 Å². The van der Waals surface area contributed by atoms with Gasteiger partial charge in [-0.2, -0.15) is 0 Å². The van der Waals surface area contributed by atoms with Crippen LogP contribution in [0.2, 0.25) is 0 Å². The van der Waals surface area contributed by atoms with Gasteiger partial charge in [-0.15, -0.1) is 0 Å². The summed E-state index contributed by atoms with van der Waals surface area (Å²) in [5, 5.41) is 1.03. The number of aromatic amines is 1. The lowest BCUT2D eigenvalue weighted by molar-refractivity contribution is 0.0414. The predicted molar refractivity (Wildman–Crippen MR) is 94.7 cm³/mol. The van der Waals surface area contributed by atoms with E-state index in [1.54, 1.807) is 6.33 Å². The molecule has 8 heteroatoms. The van der Waals surface area contributed by atoms with E-state index in [0.717, 1.165) is 42.8 Å². The summed E-state index contributed by atoms with van der Waals surface area (Å²) in [6.07, 6.45) is 5.55. The normalized spacial score (nSPS) is 21.6. The SMILES string of the molecule is CN(C(=O)N1CCOCC1)C1CCCN(c2ncnc3[nH]ccc23)C1. The highest BCUT2D eigenvalue weighted by Crippen LogP contribution is 2.26. The zero-order chi connectivity index (χ0) is 17.2. The van der Waals surface area contributed by atoms with E-state index >= 15 is 0 Å². The van der Waals surface area contributed by atoms with Crippen LogP contribution in [0.25, 0.3) is 11.0 Å². The van der Waals surface area contributed by atoms with Crippen molar-refractivity contribution >= 4 is 22.9 Å². The molecular formula is C17H24N6O2. The second-order valence-corrected chi connectivity index (χ2v) is 6.67. The topological polar surface area (TPSA) is 77.6 Å². The van der Waals surface area contributed by atoms with Crippen LogP contribution < -0.4 is 4.90 Å². The second kappa shape index (κ2) is 6.87. The summed E-state index contributed by atoms with van der Waals surface area (Å²) in [5.41, 5.74) is 0.852. The highest BCUT2D eigenvalue weighted by molar-refractivity contribution is 5.87. The number of urea groups is 1. The molecular weight excluding hydrogens is 320 g/mol. The van der Waals surface area contributed by atoms with Gasteiger partial charge in [-0.3, -0.25) is 0 Å². The number of amides is 2. The Kier molecular flexibility index (Phi) is 4.44. The van der Waals surface area contributed by atoms with E-state index in [9.17, 15) is 4.79 Å². The number of carbonyl (C=O) groups is 1. The molecule has 2 saturated heterocycles. The first-order valence-electron chi connectivity index (χ1n) is 8.86. The number of morpholine rings is 1. The van der Waals surface area contributed by atoms with Crippen molar-refractivity contribution in [3.8, 4) is 0 Å². The number of carbonyl (C=O) groups excluding carboxylic acids is 1. The monoisotopic (exact) mass is 344 g/mol. The molecule has 1 unspecified atom stereocenters. The fourth-order valence-electron chi connectivity index (χ4n) is 3.71. The van der Waals surface area contributed by atoms with Crippen molar-refractivity contribution in [3.05, 3.63) is 18.6 Å². The van der Waals surface area contributed by atoms with E-state index in [1.165, 1.54) is 0 Å². The maximum Gasteiger partial charge on any atom is 0.320 e. The number of hydrogen-bond donors (Lipinski definition) is 1. The van der Waals surface area contributed by atoms with Crippen molar-refractivity contribution in [1.82, 2.24) is 24.8 Å². The van der Waals surface area contributed by atoms with E-state index in [4.69, 9.17) is 4.74 Å². The zero-order valence-electron chi connectivity index (χ0n) is 14.5. The number of likely N-dealkylation sites (N-methyl/N-ethyl adjacent to an activating group) is 1. The van der Waals surface area contributed by atoms with Gasteiger partial charge >= 0.3 is 6.03 Å². The van der Waals surface area contributed by atoms with Crippen LogP contribution in [0.3, 0.4) is 0 Å². The molecule has 2 aromatic heterocycles. The van der Waals surface area contributed by atoms with Crippen molar-refractivity contribution in [3.63, 3.8) is 0 Å². The molecule has 4 heterocycles. The highest BCUT2D eigenvalue weighted by Gasteiger charge is 2.30. The van der Waals surface area contributed by atoms with Crippen molar-refractivity contribution < 1.29 is 9.53 Å². The number of H-pyrrole nitrogens is 1. The summed E-state index contributed by atoms with van der Waals surface area (Å²) in [7, 11) is 1.91. The van der Waals surface area contributed by atoms with Crippen LogP contribution in [0.1, 0.15) is 12.8 Å². The van der Waals surface area contributed by atoms with Crippen LogP contribution in [0, 0.1) is 0 Å². The van der Waals surface area contributed by atoms with Gasteiger partial charge in [0.15, 0.2) is 0 Å². The average molecular weight is 344 g/mol. The van der Waals surface area contributed by atoms with Gasteiger partial charge in [0.25, 0.3) is 0 Å². The molecule has 25 heavy (non-hydrogen) atoms. The number of ether oxygens (including phenoxy) is 1. The molecule has 8 nitrogen and oxygen atoms in total. The summed E-state index contributed by atoms with van der Waals surface area (Å²) < 4.78 is 5.35. The minimum Gasteiger partial charge on any atom is -0.378 e. The third-order valence-electron chi connectivity index (χ3n) is 5.16. The van der Waals surface area contributed by atoms with Gasteiger partial charge < -0.3 is 24.4 Å². The van der Waals surface area contributed by atoms with Crippen LogP contribution in [-0.2, 0) is 4.74 Å². The van der Waals surface area contributed by atoms with Crippen molar-refractivity contribution in [2.45, 2.75) is 18.9 Å². The molecule has 2 aliphatic rings. The highest BCUT2D eigenvalue weighted by atomic mass is 16.5. The largest absolute Gasteiger partial charge is 0.378 e. The Hall–Kier alpha value is -2.35. The number of piperidine rings is 1. The van der Waals surface area contributed by atoms with Gasteiger partial charge in [0, 0.05) is 39.4 Å². The predicted octanol–water partition coefficient (Wildman–Crippen LogP) is 1.31. The number of aromatic nitrogens is 3. The zero-order valence-corrected chi connectivity index (χ0v) is 14.5. The lowest BCUT2D eigenvalue weighted by Gasteiger charge is -2.40. The minimum absolute atomic E-state index is 0.102. The standard InChI is InChI=1S/C17H24N6O2/c1-21(17(24)22-7-9-25-10-8-22)13-3-2-6-23(11-13)16-14-4-5-18-15(14)19-12-20-16/h4-5,12-13H,2-3,6-11H2,1H3,(H,18,19,20). The Balaban J connectivity index is 1.49. The summed E-state index contributed by atoms with van der Waals surface area (Å²) in [6.45, 7) is 4.35. The Morgan fingerprint density at radius 3 is 3.00 bits per heavy atom. The second-order valence-electron chi connectivity index (χ2n) is 6.67. The summed E-state index contributed by atoms with van der Waals surface area (Å²) in [4.78, 5) is 30.7. The van der Waals surface area contributed by atoms with Gasteiger partial charge in [0.2, 0.25) is 0 Å². The van der Waals surface area contributed by atoms with Gasteiger partial charge in [0.1, 0.15) is 17.8 Å². The maximum absolute atomic E-state index is 12.8. The van der Waals surface area contributed by atoms with Crippen LogP contribution in [-0.4, -0.2) is 83.3 Å². The number of rotatable bonds is 2. The quantitative estimate of drug-likeness (QED) is 0.889. The first-order chi connectivity index (χ1) is 12.2. The summed E-state index contributed by atoms with van der Waals surface area (Å²) in [6, 6.07) is 2.30. The molecule has 134 valence electrons. The Morgan fingerprint density at radius 1 is 1.32 bits per heavy atom. The third kappa shape index (κ3) is 3.13. The molecule has 1 atom stereocenters. The van der Waals surface area contributed by atoms with E-state index < -0.39 is 0 Å². The van der Waals surface area contributed by atoms with Crippen LogP contribution in [0.15, 0.2) is 18.6 Å². The average Bonchev–Trinajstić information content (AvgIpc) is 3.16. The fourth-order valence-corrected chi connectivity index (χ4v) is 3.71. The molecule has 0 spiro atoms. The molecule has 0 aromatic carbocycles. The Morgan fingerprint density at radius 2 is 2.16 bits per heavy atom. The van der Waals surface area contributed by atoms with Crippen molar-refractivity contribution in [2.75, 3.05) is 51.3 Å². The molecule has 0 aliphatic carbocycles. The molecule has 4 rings (SSSR count). The van der Waals surface area contributed by atoms with Gasteiger partial charge in [-0.1, -0.05) is 0 Å². The van der Waals surface area contributed by atoms with Crippen LogP contribution in [0.5, 0.6) is 0 Å². The maximum atomic E-state index is 12.8. The number of fused-ring (bicyclic) bond motifs is 1. The molecule has 0 radical (unpaired) electrons. The number of hydrogen-bond acceptors (Lipinski definition) is 5. The number of anilines is 1. The molecule has 2 aromatic rings. The third-order valence-corrected chi connectivity index (χ3v) is 5.16. The van der Waals surface area contributed by atoms with Crippen molar-refractivity contribution in [1.29, 1.82) is 0 Å². The molecule has 2 aliphatic heterocycles. The van der Waals surface area contributed by atoms with Gasteiger partial charge in [0.05, 0.1) is 24.6 Å². The molecule has 1 N–H and O–H groups in total. The van der Waals surface area contributed by atoms with E-state index in [1.807, 2.05) is 29.1 Å². The lowest BCUT2D eigenvalue weighted by atomic mass is 10.0. The van der Waals surface area contributed by atoms with Gasteiger partial charge in [-0.25, -0.2) is 14.8 Å². The number of nitrogens with zero attached hydrogens (tertiary/aromatic N) is 5. The summed E-state index contributed by atoms with van der Waals surface area (Å²) >= 11 is 0. The van der Waals surface area contributed by atoms with E-state index in [-0.39, 0.29) is 12.1 Å². The fraction of sp³-hybridized carbons (Fsp3) is 0.588. The molecule has 2 fully saturated rings. The Labute approximate surface area is 146 Å². The van der Waals surface area contributed by atoms with E-state index in [0.29, 0.717) is 26.3 Å². The summed E-state index contributed by atoms with van der Waals surface area (Å²) in [5.74, 6) is 0.947. The van der Waals surface area contributed by atoms with Crippen molar-refractivity contribution in [2.24, 2.45) is 0 Å². The number of nitrogens with one attached hydrogen (secondary N) is 1. The van der Waals surface area contributed by atoms with Crippen LogP contribution >= 0.6 is 0 Å². The first-order valence-corrected chi connectivity index (χ1v) is 8.86. The smallest absolute Gasteiger partial charge is 0.320 e. The lowest BCUT2D eigenvalue weighted by Crippen LogP contribution is -2.54. The van der Waals surface area contributed by atoms with Crippen LogP contribution in [0.4, 0.5) is 10.6 Å². The molecule has 2 amide bonds. The minimum atomic E-state index is 0.102.